The molecule has 0 bridgehead atoms. The fourth-order valence-electron chi connectivity index (χ4n) is 3.67. The molecule has 6 heteroatoms. The van der Waals surface area contributed by atoms with Crippen LogP contribution in [0.3, 0.4) is 0 Å². The number of para-hydroxylation sites is 1. The first-order valence-corrected chi connectivity index (χ1v) is 9.18. The van der Waals surface area contributed by atoms with Crippen molar-refractivity contribution in [1.82, 2.24) is 25.1 Å². The molecule has 3 rings (SSSR count). The highest BCUT2D eigenvalue weighted by Crippen LogP contribution is 2.45. The summed E-state index contributed by atoms with van der Waals surface area (Å²) in [6, 6.07) is 10.5. The third kappa shape index (κ3) is 3.75. The third-order valence-corrected chi connectivity index (χ3v) is 5.40. The largest absolute Gasteiger partial charge is 0.378 e. The molecule has 0 aliphatic heterocycles. The van der Waals surface area contributed by atoms with Crippen molar-refractivity contribution in [2.75, 3.05) is 13.7 Å². The molecule has 1 fully saturated rings. The second-order valence-corrected chi connectivity index (χ2v) is 7.54. The molecule has 0 radical (unpaired) electrons. The van der Waals surface area contributed by atoms with Crippen molar-refractivity contribution in [1.29, 1.82) is 0 Å². The Morgan fingerprint density at radius 1 is 1.28 bits per heavy atom. The molecule has 6 nitrogen and oxygen atoms in total. The van der Waals surface area contributed by atoms with E-state index in [1.54, 1.807) is 0 Å². The highest BCUT2D eigenvalue weighted by atomic mass is 16.5. The van der Waals surface area contributed by atoms with Gasteiger partial charge in [-0.05, 0) is 42.4 Å². The number of unbranched alkanes of at least 4 members (excludes halogenated alkanes) is 1. The lowest BCUT2D eigenvalue weighted by Gasteiger charge is -2.55. The van der Waals surface area contributed by atoms with Crippen LogP contribution in [0.1, 0.15) is 45.9 Å². The maximum Gasteiger partial charge on any atom is 0.170 e. The molecule has 136 valence electrons. The van der Waals surface area contributed by atoms with Gasteiger partial charge >= 0.3 is 0 Å². The summed E-state index contributed by atoms with van der Waals surface area (Å²) in [5, 5.41) is 12.2. The van der Waals surface area contributed by atoms with Gasteiger partial charge in [-0.2, -0.15) is 4.68 Å². The van der Waals surface area contributed by atoms with Crippen LogP contribution in [-0.4, -0.2) is 50.9 Å². The van der Waals surface area contributed by atoms with Crippen LogP contribution in [-0.2, 0) is 11.3 Å². The van der Waals surface area contributed by atoms with Crippen LogP contribution in [0, 0.1) is 5.41 Å². The van der Waals surface area contributed by atoms with Crippen molar-refractivity contribution in [3.63, 3.8) is 0 Å². The maximum atomic E-state index is 6.07. The van der Waals surface area contributed by atoms with E-state index in [0.29, 0.717) is 12.1 Å². The Morgan fingerprint density at radius 3 is 2.72 bits per heavy atom. The van der Waals surface area contributed by atoms with Gasteiger partial charge in [0.15, 0.2) is 5.82 Å². The molecule has 1 aromatic carbocycles. The number of hydrogen-bond donors (Lipinski definition) is 0. The molecule has 1 aromatic heterocycles. The predicted octanol–water partition coefficient (Wildman–Crippen LogP) is 3.08. The first kappa shape index (κ1) is 18.0. The Bertz CT molecular complexity index is 669. The highest BCUT2D eigenvalue weighted by Gasteiger charge is 2.50. The van der Waals surface area contributed by atoms with E-state index < -0.39 is 0 Å². The first-order chi connectivity index (χ1) is 12.0. The highest BCUT2D eigenvalue weighted by molar-refractivity contribution is 5.30. The van der Waals surface area contributed by atoms with Gasteiger partial charge in [0.25, 0.3) is 0 Å². The van der Waals surface area contributed by atoms with Gasteiger partial charge < -0.3 is 4.74 Å². The van der Waals surface area contributed by atoms with Gasteiger partial charge in [-0.3, -0.25) is 4.90 Å². The van der Waals surface area contributed by atoms with E-state index in [2.05, 4.69) is 48.2 Å². The van der Waals surface area contributed by atoms with Crippen molar-refractivity contribution in [2.24, 2.45) is 5.41 Å². The topological polar surface area (TPSA) is 56.1 Å². The monoisotopic (exact) mass is 343 g/mol. The number of benzene rings is 1. The zero-order valence-corrected chi connectivity index (χ0v) is 15.7. The van der Waals surface area contributed by atoms with Crippen molar-refractivity contribution in [3.05, 3.63) is 36.2 Å². The summed E-state index contributed by atoms with van der Waals surface area (Å²) in [6.07, 6.45) is 3.73. The molecule has 0 saturated heterocycles. The number of tetrazole rings is 1. The van der Waals surface area contributed by atoms with Gasteiger partial charge in [0.05, 0.1) is 18.3 Å². The summed E-state index contributed by atoms with van der Waals surface area (Å²) in [5.41, 5.74) is 1.14. The van der Waals surface area contributed by atoms with E-state index in [4.69, 9.17) is 4.74 Å². The maximum absolute atomic E-state index is 6.07. The Labute approximate surface area is 150 Å². The standard InChI is InChI=1S/C19H29N5O/c1-5-6-12-25-17-13-16(19(17,2)3)23(4)14-18-20-21-22-24(18)15-10-8-7-9-11-15/h7-11,16-17H,5-6,12-14H2,1-4H3. The van der Waals surface area contributed by atoms with Crippen LogP contribution >= 0.6 is 0 Å². The van der Waals surface area contributed by atoms with Crippen LogP contribution in [0.5, 0.6) is 0 Å². The Morgan fingerprint density at radius 2 is 2.04 bits per heavy atom. The fourth-order valence-corrected chi connectivity index (χ4v) is 3.67. The predicted molar refractivity (Wildman–Crippen MR) is 97.5 cm³/mol. The minimum atomic E-state index is 0.146. The van der Waals surface area contributed by atoms with Gasteiger partial charge in [-0.15, -0.1) is 5.10 Å². The lowest BCUT2D eigenvalue weighted by molar-refractivity contribution is -0.150. The first-order valence-electron chi connectivity index (χ1n) is 9.18. The van der Waals surface area contributed by atoms with Gasteiger partial charge in [0.1, 0.15) is 0 Å². The summed E-state index contributed by atoms with van der Waals surface area (Å²) < 4.78 is 7.89. The van der Waals surface area contributed by atoms with Crippen LogP contribution in [0.15, 0.2) is 30.3 Å². The van der Waals surface area contributed by atoms with Crippen LogP contribution in [0.2, 0.25) is 0 Å². The molecule has 0 amide bonds. The molecule has 1 saturated carbocycles. The van der Waals surface area contributed by atoms with Crippen molar-refractivity contribution in [3.8, 4) is 5.69 Å². The number of aromatic nitrogens is 4. The second kappa shape index (κ2) is 7.62. The number of ether oxygens (including phenoxy) is 1. The van der Waals surface area contributed by atoms with E-state index in [-0.39, 0.29) is 5.41 Å². The SMILES string of the molecule is CCCCOC1CC(N(C)Cc2nnnn2-c2ccccc2)C1(C)C. The average Bonchev–Trinajstić information content (AvgIpc) is 3.06. The fraction of sp³-hybridized carbons (Fsp3) is 0.632. The summed E-state index contributed by atoms with van der Waals surface area (Å²) in [6.45, 7) is 8.39. The molecule has 0 N–H and O–H groups in total. The van der Waals surface area contributed by atoms with Gasteiger partial charge in [0, 0.05) is 18.1 Å². The summed E-state index contributed by atoms with van der Waals surface area (Å²) in [5.74, 6) is 0.861. The normalized spacial score (nSPS) is 22.1. The van der Waals surface area contributed by atoms with E-state index in [0.717, 1.165) is 37.5 Å². The van der Waals surface area contributed by atoms with Gasteiger partial charge in [-0.25, -0.2) is 0 Å². The van der Waals surface area contributed by atoms with E-state index in [1.165, 1.54) is 6.42 Å². The minimum absolute atomic E-state index is 0.146. The van der Waals surface area contributed by atoms with Crippen molar-refractivity contribution in [2.45, 2.75) is 58.7 Å². The number of hydrogen-bond acceptors (Lipinski definition) is 5. The van der Waals surface area contributed by atoms with E-state index in [1.807, 2.05) is 35.0 Å². The van der Waals surface area contributed by atoms with Crippen LogP contribution in [0.4, 0.5) is 0 Å². The molecule has 1 heterocycles. The molecular formula is C19H29N5O. The number of rotatable bonds is 8. The van der Waals surface area contributed by atoms with E-state index >= 15 is 0 Å². The summed E-state index contributed by atoms with van der Waals surface area (Å²) in [4.78, 5) is 2.35. The molecule has 2 aromatic rings. The quantitative estimate of drug-likeness (QED) is 0.690. The summed E-state index contributed by atoms with van der Waals surface area (Å²) >= 11 is 0. The second-order valence-electron chi connectivity index (χ2n) is 7.54. The average molecular weight is 343 g/mol. The smallest absolute Gasteiger partial charge is 0.170 e. The molecular weight excluding hydrogens is 314 g/mol. The lowest BCUT2D eigenvalue weighted by Crippen LogP contribution is -2.61. The zero-order valence-electron chi connectivity index (χ0n) is 15.7. The number of nitrogens with zero attached hydrogens (tertiary/aromatic N) is 5. The molecule has 0 spiro atoms. The third-order valence-electron chi connectivity index (χ3n) is 5.40. The van der Waals surface area contributed by atoms with Crippen LogP contribution < -0.4 is 0 Å². The van der Waals surface area contributed by atoms with Crippen LogP contribution in [0.25, 0.3) is 5.69 Å². The Balaban J connectivity index is 1.63. The van der Waals surface area contributed by atoms with Crippen molar-refractivity contribution < 1.29 is 4.74 Å². The van der Waals surface area contributed by atoms with Gasteiger partial charge in [0.2, 0.25) is 0 Å². The Kier molecular flexibility index (Phi) is 5.49. The molecule has 1 aliphatic carbocycles. The van der Waals surface area contributed by atoms with E-state index in [9.17, 15) is 0 Å². The van der Waals surface area contributed by atoms with Gasteiger partial charge in [-0.1, -0.05) is 45.4 Å². The Hall–Kier alpha value is -1.79. The molecule has 2 unspecified atom stereocenters. The minimum Gasteiger partial charge on any atom is -0.378 e. The zero-order chi connectivity index (χ0) is 17.9. The molecule has 1 aliphatic rings. The molecule has 2 atom stereocenters. The van der Waals surface area contributed by atoms with Crippen molar-refractivity contribution >= 4 is 0 Å². The molecule has 25 heavy (non-hydrogen) atoms. The lowest BCUT2D eigenvalue weighted by atomic mass is 9.64. The summed E-state index contributed by atoms with van der Waals surface area (Å²) in [7, 11) is 2.15.